The number of aromatic nitrogens is 2. The van der Waals surface area contributed by atoms with Gasteiger partial charge in [0.1, 0.15) is 11.4 Å². The molecule has 2 heterocycles. The summed E-state index contributed by atoms with van der Waals surface area (Å²) in [5.41, 5.74) is 1.23. The first-order chi connectivity index (χ1) is 8.39. The van der Waals surface area contributed by atoms with Crippen molar-refractivity contribution in [3.63, 3.8) is 0 Å². The number of hydrogen-bond acceptors (Lipinski definition) is 4. The molecule has 0 radical (unpaired) electrons. The number of H-pyrrole nitrogens is 1. The van der Waals surface area contributed by atoms with Crippen LogP contribution in [0.15, 0.2) is 0 Å². The van der Waals surface area contributed by atoms with E-state index in [9.17, 15) is 4.79 Å². The van der Waals surface area contributed by atoms with E-state index in [0.717, 1.165) is 11.4 Å². The van der Waals surface area contributed by atoms with E-state index < -0.39 is 5.60 Å². The molecule has 1 aliphatic heterocycles. The second-order valence-electron chi connectivity index (χ2n) is 5.28. The quantitative estimate of drug-likeness (QED) is 0.820. The highest BCUT2D eigenvalue weighted by atomic mass is 16.6. The Balaban J connectivity index is 2.00. The maximum atomic E-state index is 11.8. The molecule has 0 spiro atoms. The molecule has 96 valence electrons. The SMILES string of the molecule is CC(C)(C)OC(=O)N1Cc2nc(CC#N)[nH]c2C1. The smallest absolute Gasteiger partial charge is 0.410 e. The number of rotatable bonds is 1. The summed E-state index contributed by atoms with van der Waals surface area (Å²) in [6, 6.07) is 2.04. The van der Waals surface area contributed by atoms with Crippen LogP contribution >= 0.6 is 0 Å². The molecule has 1 aliphatic rings. The van der Waals surface area contributed by atoms with Crippen molar-refractivity contribution in [2.75, 3.05) is 0 Å². The van der Waals surface area contributed by atoms with E-state index in [1.807, 2.05) is 26.8 Å². The van der Waals surface area contributed by atoms with Crippen LogP contribution in [0.4, 0.5) is 4.79 Å². The zero-order chi connectivity index (χ0) is 13.3. The predicted molar refractivity (Wildman–Crippen MR) is 63.4 cm³/mol. The lowest BCUT2D eigenvalue weighted by molar-refractivity contribution is 0.0238. The van der Waals surface area contributed by atoms with Crippen LogP contribution in [-0.2, 0) is 24.2 Å². The lowest BCUT2D eigenvalue weighted by Gasteiger charge is -2.24. The average Bonchev–Trinajstić information content (AvgIpc) is 2.72. The van der Waals surface area contributed by atoms with E-state index in [2.05, 4.69) is 9.97 Å². The topological polar surface area (TPSA) is 82.0 Å². The largest absolute Gasteiger partial charge is 0.444 e. The fraction of sp³-hybridized carbons (Fsp3) is 0.583. The normalized spacial score (nSPS) is 14.2. The van der Waals surface area contributed by atoms with Crippen molar-refractivity contribution >= 4 is 6.09 Å². The third-order valence-electron chi connectivity index (χ3n) is 2.50. The zero-order valence-corrected chi connectivity index (χ0v) is 10.8. The van der Waals surface area contributed by atoms with Crippen LogP contribution in [0.5, 0.6) is 0 Å². The number of aromatic amines is 1. The number of hydrogen-bond donors (Lipinski definition) is 1. The van der Waals surface area contributed by atoms with Gasteiger partial charge in [0.2, 0.25) is 0 Å². The first-order valence-corrected chi connectivity index (χ1v) is 5.80. The van der Waals surface area contributed by atoms with Crippen molar-refractivity contribution in [1.29, 1.82) is 5.26 Å². The molecule has 1 aromatic heterocycles. The third-order valence-corrected chi connectivity index (χ3v) is 2.50. The van der Waals surface area contributed by atoms with Gasteiger partial charge in [-0.15, -0.1) is 0 Å². The minimum absolute atomic E-state index is 0.263. The van der Waals surface area contributed by atoms with Gasteiger partial charge >= 0.3 is 6.09 Å². The maximum absolute atomic E-state index is 11.8. The Morgan fingerprint density at radius 1 is 1.56 bits per heavy atom. The van der Waals surface area contributed by atoms with Crippen LogP contribution in [-0.4, -0.2) is 26.6 Å². The lowest BCUT2D eigenvalue weighted by atomic mass is 10.2. The summed E-state index contributed by atoms with van der Waals surface area (Å²) in [6.07, 6.45) is -0.0740. The highest BCUT2D eigenvalue weighted by molar-refractivity contribution is 5.69. The summed E-state index contributed by atoms with van der Waals surface area (Å²) in [6.45, 7) is 6.41. The monoisotopic (exact) mass is 248 g/mol. The van der Waals surface area contributed by atoms with Crippen molar-refractivity contribution in [1.82, 2.24) is 14.9 Å². The van der Waals surface area contributed by atoms with Crippen LogP contribution < -0.4 is 0 Å². The van der Waals surface area contributed by atoms with Gasteiger partial charge in [-0.1, -0.05) is 0 Å². The van der Waals surface area contributed by atoms with Crippen LogP contribution in [0.25, 0.3) is 0 Å². The van der Waals surface area contributed by atoms with E-state index in [0.29, 0.717) is 18.9 Å². The van der Waals surface area contributed by atoms with Gasteiger partial charge < -0.3 is 9.72 Å². The van der Waals surface area contributed by atoms with Gasteiger partial charge in [-0.3, -0.25) is 4.90 Å². The molecule has 0 unspecified atom stereocenters. The number of nitriles is 1. The minimum atomic E-state index is -0.493. The van der Waals surface area contributed by atoms with E-state index in [1.54, 1.807) is 4.90 Å². The Morgan fingerprint density at radius 2 is 2.28 bits per heavy atom. The molecule has 18 heavy (non-hydrogen) atoms. The number of fused-ring (bicyclic) bond motifs is 1. The number of nitrogens with zero attached hydrogens (tertiary/aromatic N) is 3. The maximum Gasteiger partial charge on any atom is 0.410 e. The van der Waals surface area contributed by atoms with Crippen molar-refractivity contribution in [2.45, 2.75) is 45.9 Å². The van der Waals surface area contributed by atoms with Crippen molar-refractivity contribution < 1.29 is 9.53 Å². The fourth-order valence-electron chi connectivity index (χ4n) is 1.81. The summed E-state index contributed by atoms with van der Waals surface area (Å²) >= 11 is 0. The number of carbonyl (C=O) groups is 1. The molecule has 2 rings (SSSR count). The van der Waals surface area contributed by atoms with E-state index in [4.69, 9.17) is 10.00 Å². The molecule has 0 saturated heterocycles. The van der Waals surface area contributed by atoms with Crippen molar-refractivity contribution in [3.8, 4) is 6.07 Å². The molecule has 0 aromatic carbocycles. The standard InChI is InChI=1S/C12H16N4O2/c1-12(2,3)18-11(17)16-6-8-9(7-16)15-10(14-8)4-5-13/h4,6-7H2,1-3H3,(H,14,15). The fourth-order valence-corrected chi connectivity index (χ4v) is 1.81. The summed E-state index contributed by atoms with van der Waals surface area (Å²) in [5, 5.41) is 8.58. The van der Waals surface area contributed by atoms with Gasteiger partial charge in [-0.25, -0.2) is 9.78 Å². The molecule has 6 heteroatoms. The van der Waals surface area contributed by atoms with Gasteiger partial charge in [0, 0.05) is 0 Å². The van der Waals surface area contributed by atoms with Crippen LogP contribution in [0.3, 0.4) is 0 Å². The van der Waals surface area contributed by atoms with Crippen molar-refractivity contribution in [2.24, 2.45) is 0 Å². The molecule has 0 saturated carbocycles. The Kier molecular flexibility index (Phi) is 2.99. The molecule has 1 aromatic rings. The lowest BCUT2D eigenvalue weighted by Crippen LogP contribution is -2.33. The van der Waals surface area contributed by atoms with Gasteiger partial charge in [0.05, 0.1) is 37.0 Å². The molecule has 1 amide bonds. The molecular weight excluding hydrogens is 232 g/mol. The van der Waals surface area contributed by atoms with E-state index in [-0.39, 0.29) is 12.5 Å². The number of nitrogens with one attached hydrogen (secondary N) is 1. The predicted octanol–water partition coefficient (Wildman–Crippen LogP) is 1.73. The molecule has 0 fully saturated rings. The number of amides is 1. The molecule has 0 aliphatic carbocycles. The first-order valence-electron chi connectivity index (χ1n) is 5.80. The van der Waals surface area contributed by atoms with Gasteiger partial charge in [0.25, 0.3) is 0 Å². The van der Waals surface area contributed by atoms with Crippen LogP contribution in [0.2, 0.25) is 0 Å². The second-order valence-corrected chi connectivity index (χ2v) is 5.28. The number of ether oxygens (including phenoxy) is 1. The molecular formula is C12H16N4O2. The summed E-state index contributed by atoms with van der Waals surface area (Å²) in [4.78, 5) is 20.8. The highest BCUT2D eigenvalue weighted by Crippen LogP contribution is 2.22. The molecule has 1 N–H and O–H groups in total. The highest BCUT2D eigenvalue weighted by Gasteiger charge is 2.30. The van der Waals surface area contributed by atoms with Gasteiger partial charge in [0.15, 0.2) is 0 Å². The average molecular weight is 248 g/mol. The Labute approximate surface area is 106 Å². The molecule has 0 atom stereocenters. The number of carbonyl (C=O) groups excluding carboxylic acids is 1. The summed E-state index contributed by atoms with van der Waals surface area (Å²) in [5.74, 6) is 0.659. The van der Waals surface area contributed by atoms with E-state index >= 15 is 0 Å². The third kappa shape index (κ3) is 2.62. The van der Waals surface area contributed by atoms with Gasteiger partial charge in [-0.05, 0) is 20.8 Å². The van der Waals surface area contributed by atoms with Crippen LogP contribution in [0, 0.1) is 11.3 Å². The van der Waals surface area contributed by atoms with Crippen LogP contribution in [0.1, 0.15) is 38.0 Å². The Hall–Kier alpha value is -2.03. The van der Waals surface area contributed by atoms with E-state index in [1.165, 1.54) is 0 Å². The molecule has 6 nitrogen and oxygen atoms in total. The summed E-state index contributed by atoms with van der Waals surface area (Å²) < 4.78 is 5.29. The minimum Gasteiger partial charge on any atom is -0.444 e. The zero-order valence-electron chi connectivity index (χ0n) is 10.8. The Bertz CT molecular complexity index is 484. The Morgan fingerprint density at radius 3 is 2.83 bits per heavy atom. The summed E-state index contributed by atoms with van der Waals surface area (Å²) in [7, 11) is 0. The second kappa shape index (κ2) is 4.33. The van der Waals surface area contributed by atoms with Crippen molar-refractivity contribution in [3.05, 3.63) is 17.2 Å². The number of imidazole rings is 1. The molecule has 0 bridgehead atoms. The first kappa shape index (κ1) is 12.4. The van der Waals surface area contributed by atoms with Gasteiger partial charge in [-0.2, -0.15) is 5.26 Å².